The highest BCUT2D eigenvalue weighted by atomic mass is 16.5. The van der Waals surface area contributed by atoms with Crippen LogP contribution in [0.15, 0.2) is 0 Å². The largest absolute Gasteiger partial charge is 0.462 e. The van der Waals surface area contributed by atoms with E-state index < -0.39 is 0 Å². The first-order valence-corrected chi connectivity index (χ1v) is 7.08. The summed E-state index contributed by atoms with van der Waals surface area (Å²) in [6, 6.07) is 0. The van der Waals surface area contributed by atoms with Crippen LogP contribution in [0.5, 0.6) is 0 Å². The average molecular weight is 240 g/mol. The van der Waals surface area contributed by atoms with Gasteiger partial charge in [0.25, 0.3) is 0 Å². The zero-order chi connectivity index (χ0) is 13.1. The fourth-order valence-electron chi connectivity index (χ4n) is 2.83. The summed E-state index contributed by atoms with van der Waals surface area (Å²) in [5.41, 5.74) is -0.292. The predicted molar refractivity (Wildman–Crippen MR) is 70.7 cm³/mol. The molecule has 0 aromatic rings. The fraction of sp³-hybridized carbons (Fsp3) is 0.933. The number of ether oxygens (including phenoxy) is 1. The second-order valence-corrected chi connectivity index (χ2v) is 6.46. The zero-order valence-corrected chi connectivity index (χ0v) is 12.1. The third-order valence-electron chi connectivity index (χ3n) is 4.05. The fourth-order valence-corrected chi connectivity index (χ4v) is 2.83. The summed E-state index contributed by atoms with van der Waals surface area (Å²) in [6.45, 7) is 10.7. The van der Waals surface area contributed by atoms with Crippen molar-refractivity contribution in [1.29, 1.82) is 0 Å². The molecule has 1 aliphatic rings. The molecular weight excluding hydrogens is 212 g/mol. The van der Waals surface area contributed by atoms with Gasteiger partial charge in [-0.15, -0.1) is 0 Å². The van der Waals surface area contributed by atoms with Gasteiger partial charge in [0.15, 0.2) is 0 Å². The van der Waals surface area contributed by atoms with Crippen molar-refractivity contribution in [3.05, 3.63) is 0 Å². The molecule has 17 heavy (non-hydrogen) atoms. The van der Waals surface area contributed by atoms with E-state index >= 15 is 0 Å². The Morgan fingerprint density at radius 2 is 2.06 bits per heavy atom. The molecule has 0 spiro atoms. The molecule has 2 heteroatoms. The molecule has 0 heterocycles. The molecule has 0 amide bonds. The molecule has 1 rings (SSSR count). The lowest BCUT2D eigenvalue weighted by molar-refractivity contribution is -0.161. The summed E-state index contributed by atoms with van der Waals surface area (Å²) in [6.07, 6.45) is 5.26. The monoisotopic (exact) mass is 240 g/mol. The Labute approximate surface area is 106 Å². The van der Waals surface area contributed by atoms with Crippen molar-refractivity contribution in [3.63, 3.8) is 0 Å². The maximum Gasteiger partial charge on any atom is 0.312 e. The van der Waals surface area contributed by atoms with Crippen molar-refractivity contribution in [2.75, 3.05) is 0 Å². The van der Waals surface area contributed by atoms with Crippen LogP contribution >= 0.6 is 0 Å². The minimum absolute atomic E-state index is 0.0211. The van der Waals surface area contributed by atoms with Gasteiger partial charge in [0.1, 0.15) is 6.10 Å². The Morgan fingerprint density at radius 1 is 1.41 bits per heavy atom. The Morgan fingerprint density at radius 3 is 2.47 bits per heavy atom. The van der Waals surface area contributed by atoms with Crippen LogP contribution in [0.3, 0.4) is 0 Å². The van der Waals surface area contributed by atoms with Crippen LogP contribution < -0.4 is 0 Å². The molecule has 100 valence electrons. The first-order chi connectivity index (χ1) is 7.87. The van der Waals surface area contributed by atoms with E-state index in [1.165, 1.54) is 6.42 Å². The van der Waals surface area contributed by atoms with Crippen molar-refractivity contribution in [1.82, 2.24) is 0 Å². The van der Waals surface area contributed by atoms with Gasteiger partial charge in [-0.2, -0.15) is 0 Å². The summed E-state index contributed by atoms with van der Waals surface area (Å²) < 4.78 is 5.70. The molecule has 0 aliphatic heterocycles. The van der Waals surface area contributed by atoms with E-state index in [0.29, 0.717) is 11.8 Å². The van der Waals surface area contributed by atoms with E-state index in [0.717, 1.165) is 25.7 Å². The van der Waals surface area contributed by atoms with Gasteiger partial charge in [-0.05, 0) is 50.9 Å². The first-order valence-electron chi connectivity index (χ1n) is 7.08. The quantitative estimate of drug-likeness (QED) is 0.674. The van der Waals surface area contributed by atoms with E-state index in [4.69, 9.17) is 4.74 Å². The molecular formula is C15H28O2. The van der Waals surface area contributed by atoms with Gasteiger partial charge in [-0.3, -0.25) is 4.79 Å². The van der Waals surface area contributed by atoms with Gasteiger partial charge < -0.3 is 4.74 Å². The van der Waals surface area contributed by atoms with Gasteiger partial charge in [0, 0.05) is 0 Å². The van der Waals surface area contributed by atoms with Crippen LogP contribution in [0.4, 0.5) is 0 Å². The summed E-state index contributed by atoms with van der Waals surface area (Å²) >= 11 is 0. The number of rotatable bonds is 5. The van der Waals surface area contributed by atoms with Crippen molar-refractivity contribution < 1.29 is 9.53 Å². The van der Waals surface area contributed by atoms with Crippen LogP contribution in [0.2, 0.25) is 0 Å². The molecule has 3 atom stereocenters. The van der Waals surface area contributed by atoms with Crippen molar-refractivity contribution >= 4 is 5.97 Å². The van der Waals surface area contributed by atoms with Crippen molar-refractivity contribution in [2.24, 2.45) is 17.3 Å². The lowest BCUT2D eigenvalue weighted by Gasteiger charge is -2.29. The van der Waals surface area contributed by atoms with E-state index in [1.54, 1.807) is 0 Å². The third kappa shape index (κ3) is 4.01. The number of carbonyl (C=O) groups excluding carboxylic acids is 1. The van der Waals surface area contributed by atoms with Crippen LogP contribution in [-0.4, -0.2) is 12.1 Å². The number of esters is 1. The second kappa shape index (κ2) is 5.88. The zero-order valence-electron chi connectivity index (χ0n) is 12.1. The van der Waals surface area contributed by atoms with E-state index in [2.05, 4.69) is 27.7 Å². The summed E-state index contributed by atoms with van der Waals surface area (Å²) in [5, 5.41) is 0. The van der Waals surface area contributed by atoms with Crippen LogP contribution in [0, 0.1) is 17.3 Å². The van der Waals surface area contributed by atoms with Crippen LogP contribution in [0.1, 0.15) is 66.7 Å². The average Bonchev–Trinajstić information content (AvgIpc) is 2.62. The molecule has 0 N–H and O–H groups in total. The van der Waals surface area contributed by atoms with Crippen molar-refractivity contribution in [2.45, 2.75) is 72.8 Å². The minimum Gasteiger partial charge on any atom is -0.462 e. The standard InChI is InChI=1S/C15H28O2/c1-6-15(5,10-11(2)3)14(16)17-13-8-7-12(4)9-13/h11-13H,6-10H2,1-5H3. The molecule has 1 aliphatic carbocycles. The molecule has 1 saturated carbocycles. The van der Waals surface area contributed by atoms with Crippen LogP contribution in [0.25, 0.3) is 0 Å². The predicted octanol–water partition coefficient (Wildman–Crippen LogP) is 4.18. The van der Waals surface area contributed by atoms with Crippen LogP contribution in [-0.2, 0) is 9.53 Å². The van der Waals surface area contributed by atoms with E-state index in [9.17, 15) is 4.79 Å². The summed E-state index contributed by atoms with van der Waals surface area (Å²) in [5.74, 6) is 1.27. The second-order valence-electron chi connectivity index (χ2n) is 6.46. The third-order valence-corrected chi connectivity index (χ3v) is 4.05. The highest BCUT2D eigenvalue weighted by molar-refractivity contribution is 5.76. The highest BCUT2D eigenvalue weighted by Gasteiger charge is 2.36. The lowest BCUT2D eigenvalue weighted by atomic mass is 9.80. The normalized spacial score (nSPS) is 28.1. The number of carbonyl (C=O) groups is 1. The minimum atomic E-state index is -0.292. The molecule has 0 radical (unpaired) electrons. The van der Waals surface area contributed by atoms with E-state index in [-0.39, 0.29) is 17.5 Å². The smallest absolute Gasteiger partial charge is 0.312 e. The van der Waals surface area contributed by atoms with Gasteiger partial charge >= 0.3 is 5.97 Å². The molecule has 0 bridgehead atoms. The Hall–Kier alpha value is -0.530. The van der Waals surface area contributed by atoms with Gasteiger partial charge in [0.2, 0.25) is 0 Å². The maximum atomic E-state index is 12.3. The molecule has 3 unspecified atom stereocenters. The highest BCUT2D eigenvalue weighted by Crippen LogP contribution is 2.34. The molecule has 1 fully saturated rings. The Bertz CT molecular complexity index is 260. The Balaban J connectivity index is 2.54. The van der Waals surface area contributed by atoms with Gasteiger partial charge in [-0.25, -0.2) is 0 Å². The molecule has 0 aromatic heterocycles. The SMILES string of the molecule is CCC(C)(CC(C)C)C(=O)OC1CCC(C)C1. The molecule has 0 saturated heterocycles. The first kappa shape index (κ1) is 14.5. The van der Waals surface area contributed by atoms with Crippen molar-refractivity contribution in [3.8, 4) is 0 Å². The lowest BCUT2D eigenvalue weighted by Crippen LogP contribution is -2.33. The van der Waals surface area contributed by atoms with E-state index in [1.807, 2.05) is 6.92 Å². The summed E-state index contributed by atoms with van der Waals surface area (Å²) in [4.78, 5) is 12.3. The topological polar surface area (TPSA) is 26.3 Å². The maximum absolute atomic E-state index is 12.3. The number of hydrogen-bond donors (Lipinski definition) is 0. The molecule has 0 aromatic carbocycles. The van der Waals surface area contributed by atoms with Gasteiger partial charge in [-0.1, -0.05) is 27.7 Å². The Kier molecular flexibility index (Phi) is 5.03. The number of hydrogen-bond acceptors (Lipinski definition) is 2. The summed E-state index contributed by atoms with van der Waals surface area (Å²) in [7, 11) is 0. The van der Waals surface area contributed by atoms with Gasteiger partial charge in [0.05, 0.1) is 5.41 Å². The molecule has 2 nitrogen and oxygen atoms in total.